The van der Waals surface area contributed by atoms with Crippen LogP contribution in [-0.4, -0.2) is 30.5 Å². The molecular weight excluding hydrogens is 510 g/mol. The van der Waals surface area contributed by atoms with E-state index in [0.29, 0.717) is 5.41 Å². The summed E-state index contributed by atoms with van der Waals surface area (Å²) in [5.74, 6) is 2.83. The summed E-state index contributed by atoms with van der Waals surface area (Å²) < 4.78 is 8.12. The molecule has 2 nitrogen and oxygen atoms in total. The van der Waals surface area contributed by atoms with Gasteiger partial charge in [-0.05, 0) is 112 Å². The van der Waals surface area contributed by atoms with Crippen molar-refractivity contribution in [3.8, 4) is 5.75 Å². The van der Waals surface area contributed by atoms with Crippen molar-refractivity contribution in [1.29, 1.82) is 0 Å². The lowest BCUT2D eigenvalue weighted by atomic mass is 9.69. The smallest absolute Gasteiger partial charge is 0.119 e. The number of likely N-dealkylation sites (tertiary alicyclic amines) is 1. The van der Waals surface area contributed by atoms with Crippen LogP contribution in [0.15, 0.2) is 56.3 Å². The van der Waals surface area contributed by atoms with E-state index in [2.05, 4.69) is 86.1 Å². The normalized spacial score (nSPS) is 24.9. The van der Waals surface area contributed by atoms with Gasteiger partial charge in [-0.3, -0.25) is 4.90 Å². The molecule has 4 rings (SSSR count). The second-order valence-electron chi connectivity index (χ2n) is 8.21. The number of hydrogen-bond donors (Lipinski definition) is 0. The van der Waals surface area contributed by atoms with Gasteiger partial charge in [-0.25, -0.2) is 0 Å². The SMILES string of the molecule is CCOc1cccc(C23CCCC2CN(CSc2cccc(Br)c2Br)CCC3)c1. The van der Waals surface area contributed by atoms with E-state index in [9.17, 15) is 0 Å². The molecule has 1 heterocycles. The van der Waals surface area contributed by atoms with Crippen LogP contribution in [0, 0.1) is 5.92 Å². The minimum absolute atomic E-state index is 0.336. The van der Waals surface area contributed by atoms with E-state index in [-0.39, 0.29) is 0 Å². The minimum atomic E-state index is 0.336. The molecule has 0 aromatic heterocycles. The van der Waals surface area contributed by atoms with Crippen molar-refractivity contribution in [2.75, 3.05) is 25.6 Å². The molecule has 2 aromatic carbocycles. The van der Waals surface area contributed by atoms with Crippen LogP contribution in [0.3, 0.4) is 0 Å². The predicted molar refractivity (Wildman–Crippen MR) is 130 cm³/mol. The Morgan fingerprint density at radius 3 is 2.83 bits per heavy atom. The highest BCUT2D eigenvalue weighted by Crippen LogP contribution is 2.51. The number of hydrogen-bond acceptors (Lipinski definition) is 3. The molecule has 156 valence electrons. The molecule has 1 aliphatic carbocycles. The first kappa shape index (κ1) is 21.7. The first-order chi connectivity index (χ1) is 14.1. The summed E-state index contributed by atoms with van der Waals surface area (Å²) in [4.78, 5) is 3.99. The largest absolute Gasteiger partial charge is 0.494 e. The summed E-state index contributed by atoms with van der Waals surface area (Å²) in [5.41, 5.74) is 1.85. The molecule has 2 atom stereocenters. The van der Waals surface area contributed by atoms with Gasteiger partial charge in [0.2, 0.25) is 0 Å². The number of nitrogens with zero attached hydrogens (tertiary/aromatic N) is 1. The third kappa shape index (κ3) is 4.73. The Bertz CT molecular complexity index is 845. The third-order valence-electron chi connectivity index (χ3n) is 6.57. The molecule has 0 N–H and O–H groups in total. The van der Waals surface area contributed by atoms with E-state index in [0.717, 1.165) is 28.6 Å². The second kappa shape index (κ2) is 9.76. The highest BCUT2D eigenvalue weighted by Gasteiger charge is 2.45. The molecule has 0 bridgehead atoms. The quantitative estimate of drug-likeness (QED) is 0.353. The van der Waals surface area contributed by atoms with Crippen molar-refractivity contribution in [2.45, 2.75) is 49.3 Å². The Kier molecular flexibility index (Phi) is 7.31. The number of rotatable bonds is 6. The average molecular weight is 539 g/mol. The van der Waals surface area contributed by atoms with Gasteiger partial charge in [-0.2, -0.15) is 0 Å². The predicted octanol–water partition coefficient (Wildman–Crippen LogP) is 7.49. The van der Waals surface area contributed by atoms with Gasteiger partial charge in [0.1, 0.15) is 5.75 Å². The van der Waals surface area contributed by atoms with Crippen molar-refractivity contribution in [3.63, 3.8) is 0 Å². The summed E-state index contributed by atoms with van der Waals surface area (Å²) in [7, 11) is 0. The molecule has 0 radical (unpaired) electrons. The second-order valence-corrected chi connectivity index (χ2v) is 10.8. The monoisotopic (exact) mass is 537 g/mol. The summed E-state index contributed by atoms with van der Waals surface area (Å²) >= 11 is 9.30. The van der Waals surface area contributed by atoms with Crippen LogP contribution in [0.1, 0.15) is 44.6 Å². The highest BCUT2D eigenvalue weighted by atomic mass is 79.9. The molecule has 2 unspecified atom stereocenters. The van der Waals surface area contributed by atoms with Crippen LogP contribution in [0.5, 0.6) is 5.75 Å². The zero-order chi connectivity index (χ0) is 20.3. The molecule has 0 amide bonds. The number of fused-ring (bicyclic) bond motifs is 1. The van der Waals surface area contributed by atoms with Crippen LogP contribution in [0.25, 0.3) is 0 Å². The maximum Gasteiger partial charge on any atom is 0.119 e. The average Bonchev–Trinajstić information content (AvgIpc) is 3.04. The van der Waals surface area contributed by atoms with Gasteiger partial charge in [0.05, 0.1) is 6.61 Å². The van der Waals surface area contributed by atoms with Gasteiger partial charge in [-0.15, -0.1) is 11.8 Å². The third-order valence-corrected chi connectivity index (χ3v) is 10.0. The van der Waals surface area contributed by atoms with Crippen molar-refractivity contribution in [1.82, 2.24) is 4.90 Å². The lowest BCUT2D eigenvalue weighted by molar-refractivity contribution is 0.245. The molecule has 1 saturated heterocycles. The fraction of sp³-hybridized carbons (Fsp3) is 0.500. The zero-order valence-electron chi connectivity index (χ0n) is 17.0. The summed E-state index contributed by atoms with van der Waals surface area (Å²) in [6.45, 7) is 5.20. The minimum Gasteiger partial charge on any atom is -0.494 e. The van der Waals surface area contributed by atoms with E-state index in [4.69, 9.17) is 4.74 Å². The van der Waals surface area contributed by atoms with Crippen LogP contribution >= 0.6 is 43.6 Å². The zero-order valence-corrected chi connectivity index (χ0v) is 21.0. The molecule has 2 aliphatic rings. The first-order valence-electron chi connectivity index (χ1n) is 10.6. The molecule has 1 aliphatic heterocycles. The van der Waals surface area contributed by atoms with Gasteiger partial charge in [0, 0.05) is 26.3 Å². The summed E-state index contributed by atoms with van der Waals surface area (Å²) in [6.07, 6.45) is 6.60. The van der Waals surface area contributed by atoms with Crippen molar-refractivity contribution in [2.24, 2.45) is 5.92 Å². The highest BCUT2D eigenvalue weighted by molar-refractivity contribution is 9.13. The number of thioether (sulfide) groups is 1. The van der Waals surface area contributed by atoms with Gasteiger partial charge in [-0.1, -0.05) is 24.6 Å². The van der Waals surface area contributed by atoms with Crippen molar-refractivity contribution in [3.05, 3.63) is 57.0 Å². The fourth-order valence-electron chi connectivity index (χ4n) is 5.22. The Labute approximate surface area is 196 Å². The van der Waals surface area contributed by atoms with Crippen LogP contribution < -0.4 is 4.74 Å². The van der Waals surface area contributed by atoms with Crippen LogP contribution in [0.4, 0.5) is 0 Å². The molecular formula is C24H29Br2NOS. The lowest BCUT2D eigenvalue weighted by Gasteiger charge is -2.36. The van der Waals surface area contributed by atoms with Crippen LogP contribution in [0.2, 0.25) is 0 Å². The topological polar surface area (TPSA) is 12.5 Å². The molecule has 1 saturated carbocycles. The Morgan fingerprint density at radius 1 is 1.14 bits per heavy atom. The number of benzene rings is 2. The van der Waals surface area contributed by atoms with Gasteiger partial charge >= 0.3 is 0 Å². The Balaban J connectivity index is 1.49. The lowest BCUT2D eigenvalue weighted by Crippen LogP contribution is -2.35. The number of ether oxygens (including phenoxy) is 1. The van der Waals surface area contributed by atoms with E-state index in [1.54, 1.807) is 0 Å². The summed E-state index contributed by atoms with van der Waals surface area (Å²) in [5, 5.41) is 0. The van der Waals surface area contributed by atoms with Gasteiger partial charge < -0.3 is 4.74 Å². The maximum absolute atomic E-state index is 5.82. The van der Waals surface area contributed by atoms with Gasteiger partial charge in [0.25, 0.3) is 0 Å². The maximum atomic E-state index is 5.82. The van der Waals surface area contributed by atoms with E-state index >= 15 is 0 Å². The molecule has 2 fully saturated rings. The Morgan fingerprint density at radius 2 is 1.97 bits per heavy atom. The molecule has 29 heavy (non-hydrogen) atoms. The summed E-state index contributed by atoms with van der Waals surface area (Å²) in [6, 6.07) is 15.4. The van der Waals surface area contributed by atoms with Gasteiger partial charge in [0.15, 0.2) is 0 Å². The number of halogens is 2. The van der Waals surface area contributed by atoms with E-state index in [1.165, 1.54) is 60.1 Å². The fourth-order valence-corrected chi connectivity index (χ4v) is 7.29. The van der Waals surface area contributed by atoms with Crippen molar-refractivity contribution >= 4 is 43.6 Å². The standard InChI is InChI=1S/C24H29Br2NOS/c1-2-28-20-9-3-7-18(15-20)24-12-5-8-19(24)16-27(14-6-13-24)17-29-22-11-4-10-21(25)23(22)26/h3-4,7,9-11,15,19H,2,5-6,8,12-14,16-17H2,1H3. The Hall–Kier alpha value is -0.490. The van der Waals surface area contributed by atoms with Crippen LogP contribution in [-0.2, 0) is 5.41 Å². The molecule has 2 aromatic rings. The first-order valence-corrected chi connectivity index (χ1v) is 13.2. The van der Waals surface area contributed by atoms with E-state index < -0.39 is 0 Å². The van der Waals surface area contributed by atoms with E-state index in [1.807, 2.05) is 11.8 Å². The molecule has 5 heteroatoms. The molecule has 0 spiro atoms. The van der Waals surface area contributed by atoms with Crippen molar-refractivity contribution < 1.29 is 4.74 Å².